The van der Waals surface area contributed by atoms with Gasteiger partial charge in [0.2, 0.25) is 5.88 Å². The summed E-state index contributed by atoms with van der Waals surface area (Å²) in [5, 5.41) is 4.44. The van der Waals surface area contributed by atoms with Crippen molar-refractivity contribution in [1.29, 1.82) is 0 Å². The van der Waals surface area contributed by atoms with Crippen LogP contribution in [0.4, 0.5) is 0 Å². The number of halogens is 1. The van der Waals surface area contributed by atoms with Crippen LogP contribution in [0, 0.1) is 6.92 Å². The highest BCUT2D eigenvalue weighted by Crippen LogP contribution is 2.24. The van der Waals surface area contributed by atoms with E-state index in [1.54, 1.807) is 7.11 Å². The number of nitrogens with zero attached hydrogens (tertiary/aromatic N) is 4. The van der Waals surface area contributed by atoms with E-state index in [2.05, 4.69) is 15.1 Å². The number of aromatic nitrogens is 4. The summed E-state index contributed by atoms with van der Waals surface area (Å²) in [5.41, 5.74) is 0.741. The van der Waals surface area contributed by atoms with Crippen molar-refractivity contribution in [3.8, 4) is 5.88 Å². The van der Waals surface area contributed by atoms with Crippen LogP contribution in [0.2, 0.25) is 5.15 Å². The molecule has 0 radical (unpaired) electrons. The van der Waals surface area contributed by atoms with Gasteiger partial charge < -0.3 is 14.2 Å². The van der Waals surface area contributed by atoms with Crippen LogP contribution < -0.4 is 4.74 Å². The molecule has 0 atom stereocenters. The van der Waals surface area contributed by atoms with Gasteiger partial charge in [0.25, 0.3) is 5.78 Å². The lowest BCUT2D eigenvalue weighted by molar-refractivity contribution is 0.0640. The molecule has 2 aromatic heterocycles. The largest absolute Gasteiger partial charge is 0.477 e. The molecule has 2 rings (SSSR count). The maximum Gasteiger partial charge on any atom is 0.256 e. The second-order valence-corrected chi connectivity index (χ2v) is 4.47. The predicted octanol–water partition coefficient (Wildman–Crippen LogP) is 1.52. The molecule has 0 aliphatic heterocycles. The van der Waals surface area contributed by atoms with Gasteiger partial charge >= 0.3 is 0 Å². The monoisotopic (exact) mass is 300 g/mol. The minimum absolute atomic E-state index is 0.372. The van der Waals surface area contributed by atoms with E-state index in [0.29, 0.717) is 43.2 Å². The topological polar surface area (TPSA) is 70.8 Å². The van der Waals surface area contributed by atoms with Crippen molar-refractivity contribution in [2.45, 2.75) is 13.3 Å². The van der Waals surface area contributed by atoms with Crippen molar-refractivity contribution in [1.82, 2.24) is 19.6 Å². The smallest absolute Gasteiger partial charge is 0.256 e. The van der Waals surface area contributed by atoms with E-state index >= 15 is 0 Å². The zero-order valence-electron chi connectivity index (χ0n) is 11.5. The third-order valence-corrected chi connectivity index (χ3v) is 3.02. The summed E-state index contributed by atoms with van der Waals surface area (Å²) in [6.07, 6.45) is 2.18. The van der Waals surface area contributed by atoms with Gasteiger partial charge in [-0.25, -0.2) is 0 Å². The SMILES string of the molecule is COCCOCCCOc1c(C)c(Cl)nc2ncnn12. The first kappa shape index (κ1) is 15.0. The molecule has 0 N–H and O–H groups in total. The van der Waals surface area contributed by atoms with Gasteiger partial charge in [0, 0.05) is 25.7 Å². The Balaban J connectivity index is 1.89. The molecule has 0 aliphatic rings. The normalized spacial score (nSPS) is 11.2. The average Bonchev–Trinajstić information content (AvgIpc) is 2.89. The zero-order valence-corrected chi connectivity index (χ0v) is 12.3. The molecule has 20 heavy (non-hydrogen) atoms. The van der Waals surface area contributed by atoms with E-state index in [1.165, 1.54) is 10.8 Å². The van der Waals surface area contributed by atoms with Crippen LogP contribution in [-0.2, 0) is 9.47 Å². The second kappa shape index (κ2) is 7.37. The number of ether oxygens (including phenoxy) is 3. The molecular formula is C12H17ClN4O3. The molecule has 110 valence electrons. The first-order chi connectivity index (χ1) is 9.74. The Kier molecular flexibility index (Phi) is 5.51. The van der Waals surface area contributed by atoms with Crippen LogP contribution >= 0.6 is 11.6 Å². The Bertz CT molecular complexity index is 561. The molecular weight excluding hydrogens is 284 g/mol. The van der Waals surface area contributed by atoms with Crippen molar-refractivity contribution in [2.75, 3.05) is 33.5 Å². The first-order valence-electron chi connectivity index (χ1n) is 6.29. The van der Waals surface area contributed by atoms with Crippen LogP contribution in [0.5, 0.6) is 5.88 Å². The third-order valence-electron chi connectivity index (χ3n) is 2.65. The number of methoxy groups -OCH3 is 1. The summed E-state index contributed by atoms with van der Waals surface area (Å²) in [7, 11) is 1.64. The maximum atomic E-state index is 6.04. The first-order valence-corrected chi connectivity index (χ1v) is 6.67. The quantitative estimate of drug-likeness (QED) is 0.544. The number of fused-ring (bicyclic) bond motifs is 1. The average molecular weight is 301 g/mol. The van der Waals surface area contributed by atoms with Gasteiger partial charge in [-0.3, -0.25) is 0 Å². The summed E-state index contributed by atoms with van der Waals surface area (Å²) >= 11 is 6.04. The number of hydrogen-bond donors (Lipinski definition) is 0. The summed E-state index contributed by atoms with van der Waals surface area (Å²) in [6, 6.07) is 0. The minimum Gasteiger partial charge on any atom is -0.477 e. The van der Waals surface area contributed by atoms with Crippen molar-refractivity contribution < 1.29 is 14.2 Å². The number of rotatable bonds is 8. The van der Waals surface area contributed by atoms with Gasteiger partial charge in [0.1, 0.15) is 11.5 Å². The predicted molar refractivity (Wildman–Crippen MR) is 73.3 cm³/mol. The second-order valence-electron chi connectivity index (χ2n) is 4.11. The summed E-state index contributed by atoms with van der Waals surface area (Å²) in [5.74, 6) is 0.987. The van der Waals surface area contributed by atoms with Crippen molar-refractivity contribution >= 4 is 17.4 Å². The van der Waals surface area contributed by atoms with Gasteiger partial charge in [-0.1, -0.05) is 11.6 Å². The van der Waals surface area contributed by atoms with Crippen LogP contribution in [0.3, 0.4) is 0 Å². The zero-order chi connectivity index (χ0) is 14.4. The Labute approximate surface area is 121 Å². The Morgan fingerprint density at radius 3 is 2.90 bits per heavy atom. The van der Waals surface area contributed by atoms with Gasteiger partial charge in [-0.05, 0) is 6.92 Å². The van der Waals surface area contributed by atoms with Gasteiger partial charge in [-0.2, -0.15) is 19.6 Å². The van der Waals surface area contributed by atoms with E-state index in [-0.39, 0.29) is 0 Å². The van der Waals surface area contributed by atoms with Gasteiger partial charge in [-0.15, -0.1) is 0 Å². The fourth-order valence-corrected chi connectivity index (χ4v) is 1.77. The molecule has 0 saturated heterocycles. The standard InChI is InChI=1S/C12H17ClN4O3/c1-9-10(13)16-12-14-8-15-17(12)11(9)20-5-3-4-19-7-6-18-2/h8H,3-7H2,1-2H3. The highest BCUT2D eigenvalue weighted by atomic mass is 35.5. The molecule has 0 unspecified atom stereocenters. The van der Waals surface area contributed by atoms with E-state index in [0.717, 1.165) is 12.0 Å². The molecule has 2 heterocycles. The van der Waals surface area contributed by atoms with Crippen LogP contribution in [0.15, 0.2) is 6.33 Å². The molecule has 0 fully saturated rings. The molecule has 0 aromatic carbocycles. The van der Waals surface area contributed by atoms with Gasteiger partial charge in [0.05, 0.1) is 19.8 Å². The maximum absolute atomic E-state index is 6.04. The third kappa shape index (κ3) is 3.56. The van der Waals surface area contributed by atoms with E-state index in [4.69, 9.17) is 25.8 Å². The van der Waals surface area contributed by atoms with Gasteiger partial charge in [0.15, 0.2) is 0 Å². The molecule has 0 aliphatic carbocycles. The fraction of sp³-hybridized carbons (Fsp3) is 0.583. The lowest BCUT2D eigenvalue weighted by Gasteiger charge is -2.11. The molecule has 0 bridgehead atoms. The molecule has 0 spiro atoms. The minimum atomic E-state index is 0.372. The summed E-state index contributed by atoms with van der Waals surface area (Å²) in [6.45, 7) is 4.13. The number of hydrogen-bond acceptors (Lipinski definition) is 6. The van der Waals surface area contributed by atoms with E-state index < -0.39 is 0 Å². The van der Waals surface area contributed by atoms with E-state index in [1.807, 2.05) is 6.92 Å². The fourth-order valence-electron chi connectivity index (χ4n) is 1.62. The lowest BCUT2D eigenvalue weighted by atomic mass is 10.4. The molecule has 0 amide bonds. The van der Waals surface area contributed by atoms with Crippen LogP contribution in [0.1, 0.15) is 12.0 Å². The van der Waals surface area contributed by atoms with Crippen molar-refractivity contribution in [3.05, 3.63) is 17.0 Å². The highest BCUT2D eigenvalue weighted by Gasteiger charge is 2.13. The molecule has 2 aromatic rings. The Morgan fingerprint density at radius 2 is 2.10 bits per heavy atom. The lowest BCUT2D eigenvalue weighted by Crippen LogP contribution is -2.10. The molecule has 7 nitrogen and oxygen atoms in total. The Hall–Kier alpha value is -1.44. The molecule has 8 heteroatoms. The Morgan fingerprint density at radius 1 is 1.25 bits per heavy atom. The van der Waals surface area contributed by atoms with E-state index in [9.17, 15) is 0 Å². The summed E-state index contributed by atoms with van der Waals surface area (Å²) in [4.78, 5) is 8.11. The van der Waals surface area contributed by atoms with Crippen LogP contribution in [-0.4, -0.2) is 53.1 Å². The summed E-state index contributed by atoms with van der Waals surface area (Å²) < 4.78 is 17.5. The molecule has 0 saturated carbocycles. The van der Waals surface area contributed by atoms with Crippen molar-refractivity contribution in [2.24, 2.45) is 0 Å². The van der Waals surface area contributed by atoms with Crippen molar-refractivity contribution in [3.63, 3.8) is 0 Å². The van der Waals surface area contributed by atoms with Crippen LogP contribution in [0.25, 0.3) is 5.78 Å². The highest BCUT2D eigenvalue weighted by molar-refractivity contribution is 6.30.